The summed E-state index contributed by atoms with van der Waals surface area (Å²) in [5, 5.41) is 20.0. The van der Waals surface area contributed by atoms with E-state index in [1.807, 2.05) is 6.07 Å². The smallest absolute Gasteiger partial charge is 0.322 e. The third-order valence-electron chi connectivity index (χ3n) is 2.36. The number of amides is 2. The zero-order chi connectivity index (χ0) is 15.1. The predicted molar refractivity (Wildman–Crippen MR) is 69.8 cm³/mol. The molecule has 2 amide bonds. The number of halogens is 3. The molecule has 0 unspecified atom stereocenters. The van der Waals surface area contributed by atoms with Gasteiger partial charge in [-0.1, -0.05) is 11.6 Å². The van der Waals surface area contributed by atoms with Crippen molar-refractivity contribution >= 4 is 23.3 Å². The fraction of sp³-hybridized carbons (Fsp3) is 0.333. The third-order valence-corrected chi connectivity index (χ3v) is 2.67. The van der Waals surface area contributed by atoms with Crippen molar-refractivity contribution in [1.82, 2.24) is 4.90 Å². The van der Waals surface area contributed by atoms with Crippen molar-refractivity contribution < 1.29 is 18.7 Å². The first kappa shape index (κ1) is 16.1. The van der Waals surface area contributed by atoms with Gasteiger partial charge in [0.1, 0.15) is 6.07 Å². The summed E-state index contributed by atoms with van der Waals surface area (Å²) in [5.41, 5.74) is 0.515. The number of hydrogen-bond donors (Lipinski definition) is 2. The molecular weight excluding hydrogens is 292 g/mol. The van der Waals surface area contributed by atoms with Gasteiger partial charge in [-0.05, 0) is 18.2 Å². The van der Waals surface area contributed by atoms with Crippen LogP contribution in [0.15, 0.2) is 18.2 Å². The number of carbonyl (C=O) groups is 1. The van der Waals surface area contributed by atoms with Gasteiger partial charge in [0.2, 0.25) is 0 Å². The molecule has 1 aromatic rings. The Balaban J connectivity index is 2.77. The topological polar surface area (TPSA) is 76.4 Å². The van der Waals surface area contributed by atoms with Gasteiger partial charge < -0.3 is 15.3 Å². The molecule has 20 heavy (non-hydrogen) atoms. The molecule has 1 rings (SSSR count). The number of aliphatic hydroxyl groups excluding tert-OH is 1. The lowest BCUT2D eigenvalue weighted by Crippen LogP contribution is -2.40. The van der Waals surface area contributed by atoms with E-state index in [2.05, 4.69) is 5.32 Å². The molecule has 0 aliphatic rings. The van der Waals surface area contributed by atoms with E-state index in [0.29, 0.717) is 0 Å². The summed E-state index contributed by atoms with van der Waals surface area (Å²) in [4.78, 5) is 12.6. The highest BCUT2D eigenvalue weighted by Gasteiger charge is 2.18. The first-order chi connectivity index (χ1) is 9.47. The van der Waals surface area contributed by atoms with Crippen molar-refractivity contribution in [3.63, 3.8) is 0 Å². The number of hydrogen-bond acceptors (Lipinski definition) is 3. The number of nitrogens with zero attached hydrogens (tertiary/aromatic N) is 2. The van der Waals surface area contributed by atoms with Crippen molar-refractivity contribution in [2.75, 3.05) is 25.0 Å². The largest absolute Gasteiger partial charge is 0.395 e. The monoisotopic (exact) mass is 303 g/mol. The lowest BCUT2D eigenvalue weighted by Gasteiger charge is -2.21. The first-order valence-electron chi connectivity index (χ1n) is 5.62. The van der Waals surface area contributed by atoms with E-state index in [4.69, 9.17) is 22.0 Å². The summed E-state index contributed by atoms with van der Waals surface area (Å²) in [5.74, 6) is 0. The molecule has 0 radical (unpaired) electrons. The highest BCUT2D eigenvalue weighted by atomic mass is 35.5. The number of benzene rings is 1. The fourth-order valence-electron chi connectivity index (χ4n) is 1.45. The van der Waals surface area contributed by atoms with E-state index in [0.717, 1.165) is 4.90 Å². The number of nitrogens with one attached hydrogen (secondary N) is 1. The van der Waals surface area contributed by atoms with Crippen LogP contribution < -0.4 is 5.32 Å². The quantitative estimate of drug-likeness (QED) is 0.876. The summed E-state index contributed by atoms with van der Waals surface area (Å²) < 4.78 is 24.6. The fourth-order valence-corrected chi connectivity index (χ4v) is 1.67. The van der Waals surface area contributed by atoms with Crippen LogP contribution in [0.1, 0.15) is 5.56 Å². The van der Waals surface area contributed by atoms with E-state index in [9.17, 15) is 13.6 Å². The van der Waals surface area contributed by atoms with Crippen LogP contribution in [-0.2, 0) is 0 Å². The Hall–Kier alpha value is -1.91. The molecule has 8 heteroatoms. The maximum absolute atomic E-state index is 12.3. The van der Waals surface area contributed by atoms with Crippen LogP contribution in [0.4, 0.5) is 19.3 Å². The normalized spacial score (nSPS) is 10.2. The van der Waals surface area contributed by atoms with Gasteiger partial charge in [0.15, 0.2) is 0 Å². The lowest BCUT2D eigenvalue weighted by atomic mass is 10.2. The number of urea groups is 1. The predicted octanol–water partition coefficient (Wildman–Crippen LogP) is 2.30. The van der Waals surface area contributed by atoms with Crippen molar-refractivity contribution in [3.05, 3.63) is 28.8 Å². The number of alkyl halides is 2. The Morgan fingerprint density at radius 1 is 1.55 bits per heavy atom. The van der Waals surface area contributed by atoms with Crippen molar-refractivity contribution in [3.8, 4) is 6.07 Å². The minimum atomic E-state index is -2.70. The minimum absolute atomic E-state index is 0.146. The van der Waals surface area contributed by atoms with E-state index in [1.165, 1.54) is 18.2 Å². The standard InChI is InChI=1S/C12H12ClF2N3O2/c13-10-5-9(2-1-8(10)6-16)17-12(20)18(3-4-19)7-11(14)15/h1-2,5,11,19H,3-4,7H2,(H,17,20). The van der Waals surface area contributed by atoms with E-state index in [1.54, 1.807) is 0 Å². The van der Waals surface area contributed by atoms with Gasteiger partial charge in [0, 0.05) is 12.2 Å². The SMILES string of the molecule is N#Cc1ccc(NC(=O)N(CCO)CC(F)F)cc1Cl. The lowest BCUT2D eigenvalue weighted by molar-refractivity contribution is 0.0943. The van der Waals surface area contributed by atoms with Crippen LogP contribution in [0.25, 0.3) is 0 Å². The number of nitriles is 1. The van der Waals surface area contributed by atoms with Crippen molar-refractivity contribution in [2.24, 2.45) is 0 Å². The van der Waals surface area contributed by atoms with Crippen LogP contribution >= 0.6 is 11.6 Å². The molecule has 0 bridgehead atoms. The van der Waals surface area contributed by atoms with Gasteiger partial charge in [0.05, 0.1) is 23.7 Å². The Morgan fingerprint density at radius 2 is 2.25 bits per heavy atom. The van der Waals surface area contributed by atoms with Gasteiger partial charge in [0.25, 0.3) is 6.43 Å². The summed E-state index contributed by atoms with van der Waals surface area (Å²) in [6, 6.07) is 5.26. The Morgan fingerprint density at radius 3 is 2.75 bits per heavy atom. The second kappa shape index (κ2) is 7.62. The molecule has 0 aliphatic heterocycles. The molecular formula is C12H12ClF2N3O2. The van der Waals surface area contributed by atoms with Gasteiger partial charge in [-0.3, -0.25) is 0 Å². The van der Waals surface area contributed by atoms with Gasteiger partial charge in [-0.25, -0.2) is 13.6 Å². The van der Waals surface area contributed by atoms with E-state index in [-0.39, 0.29) is 22.8 Å². The number of anilines is 1. The van der Waals surface area contributed by atoms with Gasteiger partial charge in [-0.15, -0.1) is 0 Å². The summed E-state index contributed by atoms with van der Waals surface area (Å²) in [7, 11) is 0. The third kappa shape index (κ3) is 4.64. The zero-order valence-corrected chi connectivity index (χ0v) is 11.1. The van der Waals surface area contributed by atoms with Crippen molar-refractivity contribution in [2.45, 2.75) is 6.43 Å². The number of rotatable bonds is 5. The Kier molecular flexibility index (Phi) is 6.15. The van der Waals surface area contributed by atoms with Crippen molar-refractivity contribution in [1.29, 1.82) is 5.26 Å². The highest BCUT2D eigenvalue weighted by Crippen LogP contribution is 2.20. The second-order valence-electron chi connectivity index (χ2n) is 3.80. The molecule has 0 heterocycles. The zero-order valence-electron chi connectivity index (χ0n) is 10.3. The molecule has 1 aromatic carbocycles. The molecule has 0 spiro atoms. The molecule has 0 atom stereocenters. The van der Waals surface area contributed by atoms with Crippen LogP contribution in [0.5, 0.6) is 0 Å². The molecule has 2 N–H and O–H groups in total. The number of carbonyl (C=O) groups excluding carboxylic acids is 1. The highest BCUT2D eigenvalue weighted by molar-refractivity contribution is 6.32. The van der Waals surface area contributed by atoms with E-state index >= 15 is 0 Å². The maximum Gasteiger partial charge on any atom is 0.322 e. The van der Waals surface area contributed by atoms with Gasteiger partial charge in [-0.2, -0.15) is 5.26 Å². The minimum Gasteiger partial charge on any atom is -0.395 e. The Bertz CT molecular complexity index is 520. The molecule has 0 aromatic heterocycles. The van der Waals surface area contributed by atoms with E-state index < -0.39 is 25.6 Å². The maximum atomic E-state index is 12.3. The molecule has 0 fully saturated rings. The summed E-state index contributed by atoms with van der Waals surface area (Å²) in [6.07, 6.45) is -2.70. The number of aliphatic hydroxyl groups is 1. The van der Waals surface area contributed by atoms with Crippen LogP contribution in [0.2, 0.25) is 5.02 Å². The molecule has 0 saturated heterocycles. The van der Waals surface area contributed by atoms with Gasteiger partial charge >= 0.3 is 6.03 Å². The summed E-state index contributed by atoms with van der Waals surface area (Å²) >= 11 is 5.79. The average Bonchev–Trinajstić information content (AvgIpc) is 2.38. The average molecular weight is 304 g/mol. The Labute approximate surface area is 119 Å². The van der Waals surface area contributed by atoms with Crippen LogP contribution in [-0.4, -0.2) is 42.2 Å². The molecule has 108 valence electrons. The molecule has 5 nitrogen and oxygen atoms in total. The van der Waals surface area contributed by atoms with Crippen LogP contribution in [0.3, 0.4) is 0 Å². The second-order valence-corrected chi connectivity index (χ2v) is 4.20. The van der Waals surface area contributed by atoms with Crippen LogP contribution in [0, 0.1) is 11.3 Å². The molecule has 0 aliphatic carbocycles. The summed E-state index contributed by atoms with van der Waals surface area (Å²) in [6.45, 7) is -1.41. The first-order valence-corrected chi connectivity index (χ1v) is 6.00. The molecule has 0 saturated carbocycles.